The summed E-state index contributed by atoms with van der Waals surface area (Å²) in [6, 6.07) is 15.5. The molecule has 0 heterocycles. The van der Waals surface area contributed by atoms with Crippen molar-refractivity contribution >= 4 is 39.5 Å². The SMILES string of the molecule is CCC(C)NC(=O)C(C)N(Cc1ccc(Br)cc1)C(=O)CSc1ccc(C)cc1. The molecule has 0 aromatic heterocycles. The number of rotatable bonds is 9. The monoisotopic (exact) mass is 476 g/mol. The zero-order valence-electron chi connectivity index (χ0n) is 17.4. The van der Waals surface area contributed by atoms with Gasteiger partial charge in [0.1, 0.15) is 6.04 Å². The maximum atomic E-state index is 13.1. The average molecular weight is 477 g/mol. The number of carbonyl (C=O) groups excluding carboxylic acids is 2. The fraction of sp³-hybridized carbons (Fsp3) is 0.391. The number of amides is 2. The van der Waals surface area contributed by atoms with E-state index in [1.54, 1.807) is 11.8 Å². The first kappa shape index (κ1) is 23.5. The Morgan fingerprint density at radius 1 is 1.07 bits per heavy atom. The minimum absolute atomic E-state index is 0.0507. The van der Waals surface area contributed by atoms with Gasteiger partial charge in [-0.05, 0) is 57.0 Å². The number of benzene rings is 2. The second-order valence-electron chi connectivity index (χ2n) is 7.24. The molecule has 2 unspecified atom stereocenters. The number of hydrogen-bond acceptors (Lipinski definition) is 3. The van der Waals surface area contributed by atoms with Crippen LogP contribution in [-0.2, 0) is 16.1 Å². The Kier molecular flexibility index (Phi) is 9.24. The van der Waals surface area contributed by atoms with E-state index in [0.717, 1.165) is 21.4 Å². The van der Waals surface area contributed by atoms with Gasteiger partial charge in [-0.3, -0.25) is 9.59 Å². The van der Waals surface area contributed by atoms with Gasteiger partial charge in [-0.1, -0.05) is 52.7 Å². The summed E-state index contributed by atoms with van der Waals surface area (Å²) in [5.74, 6) is 0.121. The summed E-state index contributed by atoms with van der Waals surface area (Å²) >= 11 is 4.93. The zero-order chi connectivity index (χ0) is 21.4. The van der Waals surface area contributed by atoms with Crippen molar-refractivity contribution < 1.29 is 9.59 Å². The van der Waals surface area contributed by atoms with Gasteiger partial charge in [0.2, 0.25) is 11.8 Å². The van der Waals surface area contributed by atoms with Crippen LogP contribution in [0.15, 0.2) is 57.9 Å². The number of nitrogens with zero attached hydrogens (tertiary/aromatic N) is 1. The van der Waals surface area contributed by atoms with E-state index in [4.69, 9.17) is 0 Å². The van der Waals surface area contributed by atoms with Crippen molar-refractivity contribution in [2.45, 2.75) is 57.6 Å². The molecule has 0 aliphatic heterocycles. The molecule has 156 valence electrons. The van der Waals surface area contributed by atoms with Crippen LogP contribution in [0, 0.1) is 6.92 Å². The molecule has 0 saturated heterocycles. The molecule has 0 saturated carbocycles. The van der Waals surface area contributed by atoms with E-state index in [9.17, 15) is 9.59 Å². The summed E-state index contributed by atoms with van der Waals surface area (Å²) in [7, 11) is 0. The molecule has 0 aliphatic carbocycles. The van der Waals surface area contributed by atoms with Crippen molar-refractivity contribution in [3.05, 3.63) is 64.1 Å². The van der Waals surface area contributed by atoms with E-state index in [2.05, 4.69) is 21.2 Å². The molecule has 2 atom stereocenters. The minimum Gasteiger partial charge on any atom is -0.352 e. The molecule has 29 heavy (non-hydrogen) atoms. The Morgan fingerprint density at radius 2 is 1.69 bits per heavy atom. The molecule has 1 N–H and O–H groups in total. The van der Waals surface area contributed by atoms with E-state index in [0.29, 0.717) is 12.3 Å². The highest BCUT2D eigenvalue weighted by Crippen LogP contribution is 2.21. The molecule has 0 fully saturated rings. The molecule has 0 radical (unpaired) electrons. The minimum atomic E-state index is -0.543. The lowest BCUT2D eigenvalue weighted by Crippen LogP contribution is -2.50. The Bertz CT molecular complexity index is 809. The number of aryl methyl sites for hydroxylation is 1. The molecule has 0 spiro atoms. The topological polar surface area (TPSA) is 49.4 Å². The van der Waals surface area contributed by atoms with Crippen molar-refractivity contribution in [1.82, 2.24) is 10.2 Å². The lowest BCUT2D eigenvalue weighted by Gasteiger charge is -2.29. The molecule has 2 aromatic rings. The van der Waals surface area contributed by atoms with Crippen LogP contribution in [0.5, 0.6) is 0 Å². The van der Waals surface area contributed by atoms with E-state index < -0.39 is 6.04 Å². The van der Waals surface area contributed by atoms with Crippen LogP contribution in [0.1, 0.15) is 38.3 Å². The van der Waals surface area contributed by atoms with Gasteiger partial charge in [0.25, 0.3) is 0 Å². The van der Waals surface area contributed by atoms with Gasteiger partial charge in [-0.2, -0.15) is 0 Å². The first-order chi connectivity index (χ1) is 13.8. The van der Waals surface area contributed by atoms with Gasteiger partial charge in [-0.25, -0.2) is 0 Å². The first-order valence-corrected chi connectivity index (χ1v) is 11.6. The number of hydrogen-bond donors (Lipinski definition) is 1. The Morgan fingerprint density at radius 3 is 2.28 bits per heavy atom. The van der Waals surface area contributed by atoms with Gasteiger partial charge < -0.3 is 10.2 Å². The van der Waals surface area contributed by atoms with Gasteiger partial charge in [0.15, 0.2) is 0 Å². The predicted molar refractivity (Wildman–Crippen MR) is 124 cm³/mol. The van der Waals surface area contributed by atoms with Crippen LogP contribution in [0.4, 0.5) is 0 Å². The quantitative estimate of drug-likeness (QED) is 0.507. The number of thioether (sulfide) groups is 1. The number of halogens is 1. The molecular formula is C23H29BrN2O2S. The molecule has 0 bridgehead atoms. The predicted octanol–water partition coefficient (Wildman–Crippen LogP) is 5.18. The van der Waals surface area contributed by atoms with Crippen LogP contribution in [0.3, 0.4) is 0 Å². The third-order valence-electron chi connectivity index (χ3n) is 4.82. The van der Waals surface area contributed by atoms with Crippen LogP contribution in [0.25, 0.3) is 0 Å². The van der Waals surface area contributed by atoms with Gasteiger partial charge >= 0.3 is 0 Å². The third kappa shape index (κ3) is 7.52. The maximum absolute atomic E-state index is 13.1. The lowest BCUT2D eigenvalue weighted by molar-refractivity contribution is -0.138. The Balaban J connectivity index is 2.13. The van der Waals surface area contributed by atoms with Crippen LogP contribution < -0.4 is 5.32 Å². The zero-order valence-corrected chi connectivity index (χ0v) is 19.8. The molecule has 6 heteroatoms. The molecular weight excluding hydrogens is 448 g/mol. The van der Waals surface area contributed by atoms with Crippen LogP contribution >= 0.6 is 27.7 Å². The molecule has 4 nitrogen and oxygen atoms in total. The van der Waals surface area contributed by atoms with Crippen LogP contribution in [0.2, 0.25) is 0 Å². The Labute approximate surface area is 186 Å². The third-order valence-corrected chi connectivity index (χ3v) is 6.34. The van der Waals surface area contributed by atoms with Crippen LogP contribution in [-0.4, -0.2) is 34.6 Å². The van der Waals surface area contributed by atoms with Crippen molar-refractivity contribution in [2.75, 3.05) is 5.75 Å². The average Bonchev–Trinajstić information content (AvgIpc) is 2.72. The lowest BCUT2D eigenvalue weighted by atomic mass is 10.1. The summed E-state index contributed by atoms with van der Waals surface area (Å²) in [5.41, 5.74) is 2.18. The van der Waals surface area contributed by atoms with Gasteiger partial charge in [0, 0.05) is 22.0 Å². The standard InChI is InChI=1S/C23H29BrN2O2S/c1-5-17(3)25-23(28)18(4)26(14-19-8-10-20(24)11-9-19)22(27)15-29-21-12-6-16(2)7-13-21/h6-13,17-18H,5,14-15H2,1-4H3,(H,25,28). The van der Waals surface area contributed by atoms with Gasteiger partial charge in [0.05, 0.1) is 5.75 Å². The van der Waals surface area contributed by atoms with E-state index in [-0.39, 0.29) is 17.9 Å². The fourth-order valence-corrected chi connectivity index (χ4v) is 3.75. The largest absolute Gasteiger partial charge is 0.352 e. The molecule has 2 aromatic carbocycles. The number of nitrogens with one attached hydrogen (secondary N) is 1. The normalized spacial score (nSPS) is 12.9. The Hall–Kier alpha value is -1.79. The first-order valence-electron chi connectivity index (χ1n) is 9.84. The maximum Gasteiger partial charge on any atom is 0.242 e. The van der Waals surface area contributed by atoms with Crippen molar-refractivity contribution in [1.29, 1.82) is 0 Å². The second-order valence-corrected chi connectivity index (χ2v) is 9.21. The van der Waals surface area contributed by atoms with E-state index in [1.165, 1.54) is 17.3 Å². The van der Waals surface area contributed by atoms with Crippen molar-refractivity contribution in [2.24, 2.45) is 0 Å². The van der Waals surface area contributed by atoms with E-state index >= 15 is 0 Å². The summed E-state index contributed by atoms with van der Waals surface area (Å²) in [5, 5.41) is 2.99. The fourth-order valence-electron chi connectivity index (χ4n) is 2.70. The highest BCUT2D eigenvalue weighted by Gasteiger charge is 2.26. The van der Waals surface area contributed by atoms with Gasteiger partial charge in [-0.15, -0.1) is 11.8 Å². The van der Waals surface area contributed by atoms with E-state index in [1.807, 2.05) is 69.3 Å². The smallest absolute Gasteiger partial charge is 0.242 e. The number of carbonyl (C=O) groups is 2. The summed E-state index contributed by atoms with van der Waals surface area (Å²) in [6.07, 6.45) is 0.850. The summed E-state index contributed by atoms with van der Waals surface area (Å²) in [4.78, 5) is 28.5. The molecule has 2 amide bonds. The van der Waals surface area contributed by atoms with Crippen molar-refractivity contribution in [3.63, 3.8) is 0 Å². The second kappa shape index (κ2) is 11.4. The highest BCUT2D eigenvalue weighted by molar-refractivity contribution is 9.10. The molecule has 0 aliphatic rings. The van der Waals surface area contributed by atoms with Crippen molar-refractivity contribution in [3.8, 4) is 0 Å². The highest BCUT2D eigenvalue weighted by atomic mass is 79.9. The molecule has 2 rings (SSSR count). The summed E-state index contributed by atoms with van der Waals surface area (Å²) in [6.45, 7) is 8.23. The summed E-state index contributed by atoms with van der Waals surface area (Å²) < 4.78 is 0.983.